The molecule has 32 heavy (non-hydrogen) atoms. The van der Waals surface area contributed by atoms with Crippen molar-refractivity contribution in [2.45, 2.75) is 25.8 Å². The van der Waals surface area contributed by atoms with Crippen LogP contribution in [0.25, 0.3) is 33.2 Å². The number of ether oxygens (including phenoxy) is 1. The van der Waals surface area contributed by atoms with Crippen LogP contribution in [0.5, 0.6) is 0 Å². The first-order valence-corrected chi connectivity index (χ1v) is 10.6. The van der Waals surface area contributed by atoms with Crippen molar-refractivity contribution in [3.05, 3.63) is 53.0 Å². The first-order valence-electron chi connectivity index (χ1n) is 10.6. The third kappa shape index (κ3) is 3.21. The van der Waals surface area contributed by atoms with Crippen LogP contribution < -0.4 is 5.69 Å². The van der Waals surface area contributed by atoms with Gasteiger partial charge in [-0.25, -0.2) is 9.59 Å². The summed E-state index contributed by atoms with van der Waals surface area (Å²) in [4.78, 5) is 40.3. The lowest BCUT2D eigenvalue weighted by molar-refractivity contribution is 0.107. The van der Waals surface area contributed by atoms with Gasteiger partial charge in [-0.2, -0.15) is 0 Å². The lowest BCUT2D eigenvalue weighted by atomic mass is 10.0. The van der Waals surface area contributed by atoms with Gasteiger partial charge in [0.2, 0.25) is 0 Å². The fraction of sp³-hybridized carbons (Fsp3) is 0.348. The molecule has 9 heteroatoms. The van der Waals surface area contributed by atoms with Gasteiger partial charge in [-0.3, -0.25) is 24.1 Å². The largest absolute Gasteiger partial charge is 0.453 e. The highest BCUT2D eigenvalue weighted by molar-refractivity contribution is 6.03. The maximum atomic E-state index is 13.3. The molecule has 1 saturated heterocycles. The van der Waals surface area contributed by atoms with Gasteiger partial charge in [0.15, 0.2) is 0 Å². The number of aryl methyl sites for hydroxylation is 2. The summed E-state index contributed by atoms with van der Waals surface area (Å²) < 4.78 is 8.35. The number of imidazole rings is 1. The highest BCUT2D eigenvalue weighted by Crippen LogP contribution is 2.31. The summed E-state index contributed by atoms with van der Waals surface area (Å²) in [5.74, 6) is 0. The number of aromatic nitrogens is 5. The Kier molecular flexibility index (Phi) is 4.88. The van der Waals surface area contributed by atoms with Crippen LogP contribution in [0.1, 0.15) is 24.6 Å². The summed E-state index contributed by atoms with van der Waals surface area (Å²) >= 11 is 0. The molecule has 164 valence electrons. The number of likely N-dealkylation sites (tertiary alicyclic amines) is 1. The van der Waals surface area contributed by atoms with Gasteiger partial charge in [-0.15, -0.1) is 0 Å². The zero-order valence-electron chi connectivity index (χ0n) is 18.3. The molecule has 4 aromatic rings. The van der Waals surface area contributed by atoms with E-state index in [0.717, 1.165) is 38.9 Å². The monoisotopic (exact) mass is 432 g/mol. The normalized spacial score (nSPS) is 14.9. The lowest BCUT2D eigenvalue weighted by Gasteiger charge is -2.31. The van der Waals surface area contributed by atoms with Gasteiger partial charge in [0.25, 0.3) is 0 Å². The number of piperidine rings is 1. The summed E-state index contributed by atoms with van der Waals surface area (Å²) in [6, 6.07) is 5.91. The molecule has 0 unspecified atom stereocenters. The van der Waals surface area contributed by atoms with Crippen molar-refractivity contribution in [3.63, 3.8) is 0 Å². The maximum Gasteiger partial charge on any atom is 0.409 e. The van der Waals surface area contributed by atoms with Gasteiger partial charge in [0.05, 0.1) is 41.7 Å². The molecule has 0 atom stereocenters. The molecule has 0 bridgehead atoms. The number of hydrogen-bond acceptors (Lipinski definition) is 6. The highest BCUT2D eigenvalue weighted by Gasteiger charge is 2.28. The van der Waals surface area contributed by atoms with Gasteiger partial charge < -0.3 is 9.64 Å². The molecule has 1 aliphatic rings. The Morgan fingerprint density at radius 3 is 2.56 bits per heavy atom. The van der Waals surface area contributed by atoms with Crippen molar-refractivity contribution in [3.8, 4) is 11.3 Å². The zero-order chi connectivity index (χ0) is 22.4. The second kappa shape index (κ2) is 7.74. The Morgan fingerprint density at radius 2 is 1.88 bits per heavy atom. The molecule has 1 aliphatic heterocycles. The van der Waals surface area contributed by atoms with Crippen molar-refractivity contribution in [1.29, 1.82) is 0 Å². The molecule has 0 saturated carbocycles. The minimum Gasteiger partial charge on any atom is -0.453 e. The minimum atomic E-state index is -0.328. The summed E-state index contributed by atoms with van der Waals surface area (Å²) in [7, 11) is 3.15. The Hall–Kier alpha value is -3.75. The number of pyridine rings is 3. The fourth-order valence-electron chi connectivity index (χ4n) is 4.48. The molecule has 0 aromatic carbocycles. The fourth-order valence-corrected chi connectivity index (χ4v) is 4.48. The third-order valence-electron chi connectivity index (χ3n) is 6.27. The van der Waals surface area contributed by atoms with Gasteiger partial charge in [0, 0.05) is 49.0 Å². The van der Waals surface area contributed by atoms with Crippen LogP contribution in [0.3, 0.4) is 0 Å². The second-order valence-corrected chi connectivity index (χ2v) is 8.17. The Balaban J connectivity index is 1.65. The molecule has 5 rings (SSSR count). The summed E-state index contributed by atoms with van der Waals surface area (Å²) in [6.07, 6.45) is 6.30. The number of fused-ring (bicyclic) bond motifs is 3. The molecule has 0 N–H and O–H groups in total. The van der Waals surface area contributed by atoms with E-state index in [4.69, 9.17) is 4.74 Å². The Morgan fingerprint density at radius 1 is 1.09 bits per heavy atom. The van der Waals surface area contributed by atoms with E-state index in [9.17, 15) is 9.59 Å². The van der Waals surface area contributed by atoms with E-state index < -0.39 is 0 Å². The molecule has 0 spiro atoms. The predicted molar refractivity (Wildman–Crippen MR) is 120 cm³/mol. The molecule has 4 aromatic heterocycles. The van der Waals surface area contributed by atoms with E-state index in [-0.39, 0.29) is 17.8 Å². The van der Waals surface area contributed by atoms with Crippen LogP contribution in [-0.2, 0) is 11.8 Å². The average Bonchev–Trinajstić information content (AvgIpc) is 3.09. The predicted octanol–water partition coefficient (Wildman–Crippen LogP) is 3.06. The standard InChI is InChI=1S/C23H24N6O3/c1-14-4-5-15(11-24-14)18-10-17-19(12-25-18)26-13-20-21(17)29(22(30)27(20)2)16-6-8-28(9-7-16)23(31)32-3/h4-5,10-13,16H,6-9H2,1-3H3. The van der Waals surface area contributed by atoms with Crippen molar-refractivity contribution in [2.75, 3.05) is 20.2 Å². The number of hydrogen-bond donors (Lipinski definition) is 0. The van der Waals surface area contributed by atoms with Crippen molar-refractivity contribution in [1.82, 2.24) is 29.0 Å². The van der Waals surface area contributed by atoms with E-state index in [2.05, 4.69) is 15.0 Å². The molecule has 1 fully saturated rings. The van der Waals surface area contributed by atoms with Crippen LogP contribution in [-0.4, -0.2) is 55.3 Å². The Bertz CT molecular complexity index is 1380. The number of carbonyl (C=O) groups excluding carboxylic acids is 1. The first-order chi connectivity index (χ1) is 15.5. The van der Waals surface area contributed by atoms with Gasteiger partial charge in [0.1, 0.15) is 0 Å². The van der Waals surface area contributed by atoms with Crippen molar-refractivity contribution >= 4 is 28.0 Å². The second-order valence-electron chi connectivity index (χ2n) is 8.17. The van der Waals surface area contributed by atoms with Crippen LogP contribution in [0.15, 0.2) is 41.6 Å². The van der Waals surface area contributed by atoms with E-state index in [1.54, 1.807) is 35.1 Å². The zero-order valence-corrected chi connectivity index (χ0v) is 18.3. The highest BCUT2D eigenvalue weighted by atomic mass is 16.5. The quantitative estimate of drug-likeness (QED) is 0.483. The summed E-state index contributed by atoms with van der Waals surface area (Å²) in [5, 5.41) is 0.876. The molecule has 9 nitrogen and oxygen atoms in total. The van der Waals surface area contributed by atoms with Crippen LogP contribution in [0.2, 0.25) is 0 Å². The topological polar surface area (TPSA) is 95.1 Å². The number of carbonyl (C=O) groups is 1. The number of nitrogens with zero attached hydrogens (tertiary/aromatic N) is 6. The molecular formula is C23H24N6O3. The van der Waals surface area contributed by atoms with Gasteiger partial charge in [-0.1, -0.05) is 0 Å². The summed E-state index contributed by atoms with van der Waals surface area (Å²) in [6.45, 7) is 3.04. The van der Waals surface area contributed by atoms with E-state index in [0.29, 0.717) is 25.9 Å². The van der Waals surface area contributed by atoms with Crippen LogP contribution >= 0.6 is 0 Å². The van der Waals surface area contributed by atoms with Crippen molar-refractivity contribution in [2.24, 2.45) is 7.05 Å². The van der Waals surface area contributed by atoms with E-state index in [1.165, 1.54) is 7.11 Å². The average molecular weight is 432 g/mol. The number of amides is 1. The minimum absolute atomic E-state index is 0.0182. The summed E-state index contributed by atoms with van der Waals surface area (Å²) in [5.41, 5.74) is 4.90. The number of rotatable bonds is 2. The molecular weight excluding hydrogens is 408 g/mol. The SMILES string of the molecule is COC(=O)N1CCC(n2c(=O)n(C)c3cnc4cnc(-c5ccc(C)nc5)cc4c32)CC1. The molecule has 0 aliphatic carbocycles. The maximum absolute atomic E-state index is 13.3. The smallest absolute Gasteiger partial charge is 0.409 e. The van der Waals surface area contributed by atoms with Crippen LogP contribution in [0, 0.1) is 6.92 Å². The molecule has 5 heterocycles. The third-order valence-corrected chi connectivity index (χ3v) is 6.27. The van der Waals surface area contributed by atoms with Gasteiger partial charge >= 0.3 is 11.8 Å². The molecule has 0 radical (unpaired) electrons. The lowest BCUT2D eigenvalue weighted by Crippen LogP contribution is -2.40. The number of methoxy groups -OCH3 is 1. The first kappa shape index (κ1) is 20.2. The van der Waals surface area contributed by atoms with E-state index >= 15 is 0 Å². The van der Waals surface area contributed by atoms with E-state index in [1.807, 2.05) is 29.7 Å². The van der Waals surface area contributed by atoms with Crippen LogP contribution in [0.4, 0.5) is 4.79 Å². The molecule has 1 amide bonds. The van der Waals surface area contributed by atoms with Crippen molar-refractivity contribution < 1.29 is 9.53 Å². The van der Waals surface area contributed by atoms with Gasteiger partial charge in [-0.05, 0) is 38.0 Å². The Labute approximate surface area is 184 Å².